The lowest BCUT2D eigenvalue weighted by Crippen LogP contribution is -2.34. The quantitative estimate of drug-likeness (QED) is 0.313. The second kappa shape index (κ2) is 10.7. The summed E-state index contributed by atoms with van der Waals surface area (Å²) in [6.45, 7) is 0.418. The van der Waals surface area contributed by atoms with Gasteiger partial charge in [-0.25, -0.2) is 13.1 Å². The molecule has 0 unspecified atom stereocenters. The van der Waals surface area contributed by atoms with E-state index in [0.29, 0.717) is 23.8 Å². The zero-order valence-electron chi connectivity index (χ0n) is 15.3. The second-order valence-corrected chi connectivity index (χ2v) is 8.06. The summed E-state index contributed by atoms with van der Waals surface area (Å²) >= 11 is 5.96. The van der Waals surface area contributed by atoms with Gasteiger partial charge in [0.15, 0.2) is 0 Å². The number of sulfonamides is 1. The van der Waals surface area contributed by atoms with Gasteiger partial charge in [0.2, 0.25) is 15.9 Å². The zero-order chi connectivity index (χ0) is 21.3. The Morgan fingerprint density at radius 3 is 2.45 bits per heavy atom. The predicted octanol–water partition coefficient (Wildman–Crippen LogP) is 2.50. The molecular formula is C18H20ClN3O6S. The Bertz CT molecular complexity index is 950. The van der Waals surface area contributed by atoms with Gasteiger partial charge in [-0.05, 0) is 30.7 Å². The maximum absolute atomic E-state index is 12.1. The van der Waals surface area contributed by atoms with Crippen LogP contribution in [0.2, 0.25) is 5.02 Å². The van der Waals surface area contributed by atoms with Gasteiger partial charge >= 0.3 is 0 Å². The van der Waals surface area contributed by atoms with Gasteiger partial charge in [0, 0.05) is 31.6 Å². The van der Waals surface area contributed by atoms with Crippen molar-refractivity contribution >= 4 is 33.2 Å². The van der Waals surface area contributed by atoms with Crippen molar-refractivity contribution in [3.05, 3.63) is 63.7 Å². The molecule has 0 aromatic heterocycles. The number of carbonyl (C=O) groups excluding carboxylic acids is 1. The smallest absolute Gasteiger partial charge is 0.269 e. The number of hydrogen-bond donors (Lipinski definition) is 2. The highest BCUT2D eigenvalue weighted by Gasteiger charge is 2.15. The molecule has 0 saturated carbocycles. The van der Waals surface area contributed by atoms with Crippen LogP contribution in [0.25, 0.3) is 0 Å². The van der Waals surface area contributed by atoms with Gasteiger partial charge in [-0.15, -0.1) is 0 Å². The van der Waals surface area contributed by atoms with Crippen molar-refractivity contribution in [2.24, 2.45) is 0 Å². The minimum atomic E-state index is -3.81. The van der Waals surface area contributed by atoms with E-state index in [0.717, 1.165) is 24.3 Å². The molecule has 0 aliphatic heterocycles. The van der Waals surface area contributed by atoms with Crippen LogP contribution in [-0.4, -0.2) is 38.9 Å². The number of non-ortho nitro benzene ring substituents is 1. The average Bonchev–Trinajstić information content (AvgIpc) is 2.70. The molecule has 0 atom stereocenters. The van der Waals surface area contributed by atoms with Gasteiger partial charge in [0.1, 0.15) is 5.75 Å². The molecule has 9 nitrogen and oxygen atoms in total. The summed E-state index contributed by atoms with van der Waals surface area (Å²) < 4.78 is 32.0. The molecule has 0 spiro atoms. The molecule has 0 heterocycles. The first-order valence-corrected chi connectivity index (χ1v) is 10.5. The third-order valence-corrected chi connectivity index (χ3v) is 5.53. The molecule has 29 heavy (non-hydrogen) atoms. The molecule has 2 rings (SSSR count). The molecule has 1 amide bonds. The molecule has 11 heteroatoms. The van der Waals surface area contributed by atoms with Crippen LogP contribution in [0.5, 0.6) is 5.75 Å². The van der Waals surface area contributed by atoms with Gasteiger partial charge in [-0.1, -0.05) is 23.7 Å². The van der Waals surface area contributed by atoms with E-state index < -0.39 is 14.9 Å². The number of halogens is 1. The number of benzene rings is 2. The first-order valence-electron chi connectivity index (χ1n) is 8.68. The number of nitro groups is 1. The van der Waals surface area contributed by atoms with E-state index in [2.05, 4.69) is 10.0 Å². The summed E-state index contributed by atoms with van der Waals surface area (Å²) in [4.78, 5) is 21.7. The largest absolute Gasteiger partial charge is 0.492 e. The van der Waals surface area contributed by atoms with E-state index in [9.17, 15) is 23.3 Å². The van der Waals surface area contributed by atoms with Crippen molar-refractivity contribution in [2.45, 2.75) is 17.7 Å². The number of carbonyl (C=O) groups is 1. The maximum Gasteiger partial charge on any atom is 0.269 e. The van der Waals surface area contributed by atoms with Gasteiger partial charge in [-0.2, -0.15) is 0 Å². The summed E-state index contributed by atoms with van der Waals surface area (Å²) in [6, 6.07) is 11.6. The summed E-state index contributed by atoms with van der Waals surface area (Å²) in [5.74, 6) is 0.317. The van der Waals surface area contributed by atoms with E-state index in [-0.39, 0.29) is 36.0 Å². The predicted molar refractivity (Wildman–Crippen MR) is 107 cm³/mol. The highest BCUT2D eigenvalue weighted by molar-refractivity contribution is 7.89. The number of hydrogen-bond acceptors (Lipinski definition) is 6. The highest BCUT2D eigenvalue weighted by atomic mass is 35.5. The Kier molecular flexibility index (Phi) is 8.37. The molecule has 2 aromatic rings. The average molecular weight is 442 g/mol. The summed E-state index contributed by atoms with van der Waals surface area (Å²) in [5.41, 5.74) is -0.199. The Morgan fingerprint density at radius 2 is 1.79 bits per heavy atom. The van der Waals surface area contributed by atoms with E-state index in [1.54, 1.807) is 24.3 Å². The first-order chi connectivity index (χ1) is 13.8. The summed E-state index contributed by atoms with van der Waals surface area (Å²) in [5, 5.41) is 13.7. The molecule has 2 aromatic carbocycles. The van der Waals surface area contributed by atoms with Crippen LogP contribution in [0.3, 0.4) is 0 Å². The topological polar surface area (TPSA) is 128 Å². The monoisotopic (exact) mass is 441 g/mol. The Hall–Kier alpha value is -2.69. The number of nitrogens with zero attached hydrogens (tertiary/aromatic N) is 1. The number of ether oxygens (including phenoxy) is 1. The fourth-order valence-corrected chi connectivity index (χ4v) is 3.50. The molecular weight excluding hydrogens is 422 g/mol. The number of rotatable bonds is 11. The van der Waals surface area contributed by atoms with Crippen molar-refractivity contribution in [1.82, 2.24) is 10.0 Å². The molecule has 0 aliphatic rings. The normalized spacial score (nSPS) is 11.1. The fraction of sp³-hybridized carbons (Fsp3) is 0.278. The third-order valence-electron chi connectivity index (χ3n) is 3.74. The fourth-order valence-electron chi connectivity index (χ4n) is 2.28. The maximum atomic E-state index is 12.1. The SMILES string of the molecule is O=C(CCCOc1ccccc1Cl)NCCNS(=O)(=O)c1ccc([N+](=O)[O-])cc1. The zero-order valence-corrected chi connectivity index (χ0v) is 16.9. The minimum absolute atomic E-state index is 0.0127. The van der Waals surface area contributed by atoms with Crippen LogP contribution in [-0.2, 0) is 14.8 Å². The van der Waals surface area contributed by atoms with E-state index in [4.69, 9.17) is 16.3 Å². The van der Waals surface area contributed by atoms with Crippen LogP contribution in [0, 0.1) is 10.1 Å². The lowest BCUT2D eigenvalue weighted by atomic mass is 10.3. The lowest BCUT2D eigenvalue weighted by molar-refractivity contribution is -0.384. The Labute approximate surface area is 173 Å². The molecule has 0 radical (unpaired) electrons. The standard InChI is InChI=1S/C18H20ClN3O6S/c19-16-4-1-2-5-17(16)28-13-3-6-18(23)20-11-12-21-29(26,27)15-9-7-14(8-10-15)22(24)25/h1-2,4-5,7-10,21H,3,6,11-13H2,(H,20,23). The molecule has 0 aliphatic carbocycles. The van der Waals surface area contributed by atoms with Crippen LogP contribution >= 0.6 is 11.6 Å². The van der Waals surface area contributed by atoms with Crippen molar-refractivity contribution in [2.75, 3.05) is 19.7 Å². The number of amides is 1. The summed E-state index contributed by atoms with van der Waals surface area (Å²) in [6.07, 6.45) is 0.700. The van der Waals surface area contributed by atoms with Crippen molar-refractivity contribution < 1.29 is 22.9 Å². The minimum Gasteiger partial charge on any atom is -0.492 e. The number of nitro benzene ring substituents is 1. The lowest BCUT2D eigenvalue weighted by Gasteiger charge is -2.09. The Balaban J connectivity index is 1.65. The number of para-hydroxylation sites is 1. The van der Waals surface area contributed by atoms with E-state index in [1.807, 2.05) is 0 Å². The highest BCUT2D eigenvalue weighted by Crippen LogP contribution is 2.23. The van der Waals surface area contributed by atoms with Crippen molar-refractivity contribution in [1.29, 1.82) is 0 Å². The number of nitrogens with one attached hydrogen (secondary N) is 2. The van der Waals surface area contributed by atoms with Crippen LogP contribution < -0.4 is 14.8 Å². The van der Waals surface area contributed by atoms with Crippen LogP contribution in [0.15, 0.2) is 53.4 Å². The van der Waals surface area contributed by atoms with Gasteiger partial charge < -0.3 is 10.1 Å². The Morgan fingerprint density at radius 1 is 1.10 bits per heavy atom. The van der Waals surface area contributed by atoms with Crippen molar-refractivity contribution in [3.63, 3.8) is 0 Å². The molecule has 0 saturated heterocycles. The second-order valence-electron chi connectivity index (χ2n) is 5.88. The molecule has 0 fully saturated rings. The van der Waals surface area contributed by atoms with E-state index >= 15 is 0 Å². The molecule has 0 bridgehead atoms. The molecule has 156 valence electrons. The summed E-state index contributed by atoms with van der Waals surface area (Å²) in [7, 11) is -3.81. The first kappa shape index (κ1) is 22.6. The van der Waals surface area contributed by atoms with Gasteiger partial charge in [-0.3, -0.25) is 14.9 Å². The molecule has 2 N–H and O–H groups in total. The van der Waals surface area contributed by atoms with E-state index in [1.165, 1.54) is 0 Å². The third kappa shape index (κ3) is 7.33. The van der Waals surface area contributed by atoms with Gasteiger partial charge in [0.25, 0.3) is 5.69 Å². The van der Waals surface area contributed by atoms with Crippen LogP contribution in [0.1, 0.15) is 12.8 Å². The van der Waals surface area contributed by atoms with Crippen LogP contribution in [0.4, 0.5) is 5.69 Å². The van der Waals surface area contributed by atoms with Crippen molar-refractivity contribution in [3.8, 4) is 5.75 Å². The van der Waals surface area contributed by atoms with Gasteiger partial charge in [0.05, 0.1) is 21.4 Å².